The number of nitrogens with zero attached hydrogens (tertiary/aromatic N) is 2. The summed E-state index contributed by atoms with van der Waals surface area (Å²) in [6, 6.07) is 22.6. The van der Waals surface area contributed by atoms with E-state index in [1.807, 2.05) is 30.3 Å². The molecule has 0 N–H and O–H groups in total. The van der Waals surface area contributed by atoms with Crippen molar-refractivity contribution in [3.05, 3.63) is 99.1 Å². The molecule has 0 radical (unpaired) electrons. The van der Waals surface area contributed by atoms with E-state index < -0.39 is 31.6 Å². The Hall–Kier alpha value is -2.66. The van der Waals surface area contributed by atoms with Crippen molar-refractivity contribution < 1.29 is 9.85 Å². The van der Waals surface area contributed by atoms with Crippen LogP contribution in [0.2, 0.25) is 0 Å². The molecular formula is C18H13BiN2O4. The van der Waals surface area contributed by atoms with Crippen molar-refractivity contribution in [2.45, 2.75) is 0 Å². The van der Waals surface area contributed by atoms with Crippen molar-refractivity contribution in [1.82, 2.24) is 0 Å². The molecule has 0 bridgehead atoms. The third-order valence-electron chi connectivity index (χ3n) is 3.65. The number of rotatable bonds is 5. The number of nitro groups is 2. The zero-order valence-corrected chi connectivity index (χ0v) is 16.5. The molecule has 0 aliphatic carbocycles. The van der Waals surface area contributed by atoms with E-state index >= 15 is 0 Å². The van der Waals surface area contributed by atoms with Gasteiger partial charge in [-0.15, -0.1) is 0 Å². The fourth-order valence-electron chi connectivity index (χ4n) is 2.60. The number of nitro benzene ring substituents is 2. The van der Waals surface area contributed by atoms with Crippen molar-refractivity contribution >= 4 is 42.9 Å². The van der Waals surface area contributed by atoms with E-state index in [4.69, 9.17) is 0 Å². The van der Waals surface area contributed by atoms with Gasteiger partial charge >= 0.3 is 152 Å². The SMILES string of the molecule is O=[N+]([O-])c1cccc[c]1[Bi]([c]1ccccc1)[c]1ccccc1[N+](=O)[O-]. The molecule has 0 saturated carbocycles. The van der Waals surface area contributed by atoms with Crippen molar-refractivity contribution in [3.8, 4) is 0 Å². The molecule has 0 aliphatic heterocycles. The van der Waals surface area contributed by atoms with Crippen LogP contribution in [0.25, 0.3) is 0 Å². The topological polar surface area (TPSA) is 86.3 Å². The van der Waals surface area contributed by atoms with Gasteiger partial charge in [-0.1, -0.05) is 0 Å². The van der Waals surface area contributed by atoms with Gasteiger partial charge in [0.05, 0.1) is 0 Å². The molecule has 0 aliphatic rings. The van der Waals surface area contributed by atoms with Gasteiger partial charge in [-0.3, -0.25) is 0 Å². The molecule has 0 saturated heterocycles. The van der Waals surface area contributed by atoms with Gasteiger partial charge in [-0.25, -0.2) is 0 Å². The minimum atomic E-state index is -3.21. The van der Waals surface area contributed by atoms with Crippen LogP contribution in [0.1, 0.15) is 0 Å². The fraction of sp³-hybridized carbons (Fsp3) is 0. The summed E-state index contributed by atoms with van der Waals surface area (Å²) < 4.78 is 2.21. The third kappa shape index (κ3) is 3.56. The molecule has 0 aromatic heterocycles. The Morgan fingerprint density at radius 2 is 1.00 bits per heavy atom. The molecule has 0 amide bonds. The van der Waals surface area contributed by atoms with E-state index in [1.165, 1.54) is 12.1 Å². The Morgan fingerprint density at radius 3 is 1.44 bits per heavy atom. The van der Waals surface area contributed by atoms with Gasteiger partial charge in [-0.05, 0) is 0 Å². The van der Waals surface area contributed by atoms with Crippen LogP contribution in [0.15, 0.2) is 78.9 Å². The maximum absolute atomic E-state index is 11.5. The first-order chi connectivity index (χ1) is 12.1. The maximum atomic E-state index is 11.5. The second-order valence-corrected chi connectivity index (χ2v) is 13.5. The summed E-state index contributed by atoms with van der Waals surface area (Å²) in [6.07, 6.45) is 0. The predicted molar refractivity (Wildman–Crippen MR) is 97.3 cm³/mol. The van der Waals surface area contributed by atoms with Gasteiger partial charge in [-0.2, -0.15) is 0 Å². The molecule has 0 spiro atoms. The molecule has 0 heterocycles. The molecule has 124 valence electrons. The number of para-hydroxylation sites is 2. The van der Waals surface area contributed by atoms with Gasteiger partial charge < -0.3 is 0 Å². The van der Waals surface area contributed by atoms with Crippen molar-refractivity contribution in [1.29, 1.82) is 0 Å². The summed E-state index contributed by atoms with van der Waals surface area (Å²) in [5.41, 5.74) is 0.0598. The van der Waals surface area contributed by atoms with E-state index in [9.17, 15) is 20.2 Å². The Kier molecular flexibility index (Phi) is 5.14. The van der Waals surface area contributed by atoms with Crippen molar-refractivity contribution in [3.63, 3.8) is 0 Å². The average molecular weight is 530 g/mol. The summed E-state index contributed by atoms with van der Waals surface area (Å²) in [5, 5.41) is 23.0. The molecule has 3 rings (SSSR count). The van der Waals surface area contributed by atoms with Crippen LogP contribution in [0.4, 0.5) is 11.4 Å². The first kappa shape index (κ1) is 17.2. The predicted octanol–water partition coefficient (Wildman–Crippen LogP) is 2.02. The van der Waals surface area contributed by atoms with Crippen LogP contribution < -0.4 is 9.81 Å². The molecule has 3 aromatic carbocycles. The molecule has 0 unspecified atom stereocenters. The number of hydrogen-bond acceptors (Lipinski definition) is 4. The summed E-state index contributed by atoms with van der Waals surface area (Å²) in [7, 11) is 0. The zero-order valence-electron chi connectivity index (χ0n) is 13.0. The second-order valence-electron chi connectivity index (χ2n) is 5.16. The molecule has 25 heavy (non-hydrogen) atoms. The normalized spacial score (nSPS) is 10.6. The molecule has 7 heteroatoms. The standard InChI is InChI=1S/2C6H4NO2.C6H5.Bi/c2*8-7(9)6-4-2-1-3-5-6;1-2-4-6-5-3-1;/h2*1-4H;1-5H;. The zero-order chi connectivity index (χ0) is 17.8. The summed E-state index contributed by atoms with van der Waals surface area (Å²) >= 11 is -3.21. The monoisotopic (exact) mass is 530 g/mol. The Morgan fingerprint density at radius 1 is 0.600 bits per heavy atom. The van der Waals surface area contributed by atoms with E-state index in [0.717, 1.165) is 3.27 Å². The van der Waals surface area contributed by atoms with Gasteiger partial charge in [0.2, 0.25) is 0 Å². The quantitative estimate of drug-likeness (QED) is 0.287. The van der Waals surface area contributed by atoms with E-state index in [-0.39, 0.29) is 11.4 Å². The molecular weight excluding hydrogens is 517 g/mol. The fourth-order valence-corrected chi connectivity index (χ4v) is 12.4. The Balaban J connectivity index is 2.30. The van der Waals surface area contributed by atoms with Crippen LogP contribution >= 0.6 is 0 Å². The average Bonchev–Trinajstić information content (AvgIpc) is 2.63. The van der Waals surface area contributed by atoms with E-state index in [0.29, 0.717) is 6.54 Å². The second kappa shape index (κ2) is 7.49. The summed E-state index contributed by atoms with van der Waals surface area (Å²) in [5.74, 6) is 0. The summed E-state index contributed by atoms with van der Waals surface area (Å²) in [4.78, 5) is 22.2. The van der Waals surface area contributed by atoms with Crippen LogP contribution in [0.5, 0.6) is 0 Å². The van der Waals surface area contributed by atoms with E-state index in [2.05, 4.69) is 0 Å². The van der Waals surface area contributed by atoms with Crippen LogP contribution in [0.3, 0.4) is 0 Å². The van der Waals surface area contributed by atoms with Gasteiger partial charge in [0.1, 0.15) is 0 Å². The third-order valence-corrected chi connectivity index (χ3v) is 13.5. The van der Waals surface area contributed by atoms with Gasteiger partial charge in [0.15, 0.2) is 0 Å². The van der Waals surface area contributed by atoms with Gasteiger partial charge in [0.25, 0.3) is 0 Å². The van der Waals surface area contributed by atoms with Crippen LogP contribution in [-0.4, -0.2) is 31.6 Å². The number of benzene rings is 3. The van der Waals surface area contributed by atoms with E-state index in [1.54, 1.807) is 36.4 Å². The minimum absolute atomic E-state index is 0.0299. The molecule has 6 nitrogen and oxygen atoms in total. The van der Waals surface area contributed by atoms with Crippen molar-refractivity contribution in [2.24, 2.45) is 0 Å². The summed E-state index contributed by atoms with van der Waals surface area (Å²) in [6.45, 7) is 0. The molecule has 0 fully saturated rings. The van der Waals surface area contributed by atoms with Crippen molar-refractivity contribution in [2.75, 3.05) is 0 Å². The molecule has 0 atom stereocenters. The molecule has 3 aromatic rings. The Bertz CT molecular complexity index is 874. The first-order valence-corrected chi connectivity index (χ1v) is 12.6. The van der Waals surface area contributed by atoms with Crippen LogP contribution in [-0.2, 0) is 0 Å². The first-order valence-electron chi connectivity index (χ1n) is 7.41. The van der Waals surface area contributed by atoms with Crippen LogP contribution in [0, 0.1) is 20.2 Å². The number of hydrogen-bond donors (Lipinski definition) is 0. The van der Waals surface area contributed by atoms with Gasteiger partial charge in [0, 0.05) is 0 Å². The Labute approximate surface area is 151 Å².